The fraction of sp³-hybridized carbons (Fsp3) is 0.346. The number of benzene rings is 1. The Balaban J connectivity index is 1.66. The number of likely N-dealkylation sites (tertiary alicyclic amines) is 1. The molecule has 1 aliphatic heterocycles. The highest BCUT2D eigenvalue weighted by molar-refractivity contribution is 5.89. The summed E-state index contributed by atoms with van der Waals surface area (Å²) in [5.41, 5.74) is 5.98. The first-order valence-corrected chi connectivity index (χ1v) is 11.5. The molecule has 0 spiro atoms. The minimum absolute atomic E-state index is 0.0507. The Kier molecular flexibility index (Phi) is 7.36. The van der Waals surface area contributed by atoms with Gasteiger partial charge in [-0.05, 0) is 50.2 Å². The molecule has 1 atom stereocenters. The van der Waals surface area contributed by atoms with Gasteiger partial charge >= 0.3 is 5.97 Å². The predicted molar refractivity (Wildman–Crippen MR) is 127 cm³/mol. The first kappa shape index (κ1) is 24.3. The Hall–Kier alpha value is -3.85. The number of hydrogen-bond acceptors (Lipinski definition) is 8. The van der Waals surface area contributed by atoms with Gasteiger partial charge in [0.15, 0.2) is 5.76 Å². The Labute approximate surface area is 202 Å². The Morgan fingerprint density at radius 1 is 1.09 bits per heavy atom. The predicted octanol–water partition coefficient (Wildman–Crippen LogP) is 3.39. The number of nitrogens with zero attached hydrogens (tertiary/aromatic N) is 1. The van der Waals surface area contributed by atoms with E-state index >= 15 is 0 Å². The highest BCUT2D eigenvalue weighted by atomic mass is 16.5. The second-order valence-electron chi connectivity index (χ2n) is 8.62. The van der Waals surface area contributed by atoms with Gasteiger partial charge in [0.05, 0.1) is 25.1 Å². The molecule has 35 heavy (non-hydrogen) atoms. The molecule has 3 heterocycles. The zero-order valence-corrected chi connectivity index (χ0v) is 19.5. The van der Waals surface area contributed by atoms with Gasteiger partial charge in [-0.1, -0.05) is 18.6 Å². The van der Waals surface area contributed by atoms with E-state index in [1.54, 1.807) is 36.4 Å². The van der Waals surface area contributed by atoms with Gasteiger partial charge in [-0.25, -0.2) is 4.79 Å². The summed E-state index contributed by atoms with van der Waals surface area (Å²) in [5.74, 6) is -1.41. The summed E-state index contributed by atoms with van der Waals surface area (Å²) in [4.78, 5) is 38.3. The SMILES string of the molecule is COC(=O)c1ccc(-c2ccc([C@@H](CC(N)=O)c3oc(CN4CCCCC4)cc(=O)c3O)o2)cc1. The molecule has 0 bridgehead atoms. The van der Waals surface area contributed by atoms with Gasteiger partial charge in [0.25, 0.3) is 0 Å². The molecule has 4 rings (SSSR count). The molecule has 0 radical (unpaired) electrons. The minimum atomic E-state index is -0.885. The molecular formula is C26H28N2O7. The van der Waals surface area contributed by atoms with Crippen LogP contribution in [0.25, 0.3) is 11.3 Å². The third kappa shape index (κ3) is 5.63. The number of primary amides is 1. The number of amides is 1. The molecule has 2 aromatic heterocycles. The van der Waals surface area contributed by atoms with Crippen molar-refractivity contribution in [2.75, 3.05) is 20.2 Å². The number of methoxy groups -OCH3 is 1. The van der Waals surface area contributed by atoms with E-state index in [0.29, 0.717) is 35.0 Å². The monoisotopic (exact) mass is 480 g/mol. The van der Waals surface area contributed by atoms with E-state index < -0.39 is 29.0 Å². The molecule has 1 saturated heterocycles. The molecule has 1 fully saturated rings. The van der Waals surface area contributed by atoms with Crippen molar-refractivity contribution in [3.63, 3.8) is 0 Å². The van der Waals surface area contributed by atoms with Crippen molar-refractivity contribution in [3.8, 4) is 17.1 Å². The van der Waals surface area contributed by atoms with E-state index in [0.717, 1.165) is 25.9 Å². The topological polar surface area (TPSA) is 136 Å². The zero-order valence-electron chi connectivity index (χ0n) is 19.5. The van der Waals surface area contributed by atoms with E-state index in [2.05, 4.69) is 4.90 Å². The van der Waals surface area contributed by atoms with Gasteiger partial charge in [0.1, 0.15) is 17.3 Å². The average Bonchev–Trinajstić information content (AvgIpc) is 3.35. The van der Waals surface area contributed by atoms with Crippen LogP contribution in [0.15, 0.2) is 56.1 Å². The molecule has 3 N–H and O–H groups in total. The normalized spacial score (nSPS) is 15.0. The van der Waals surface area contributed by atoms with Crippen LogP contribution in [0, 0.1) is 0 Å². The lowest BCUT2D eigenvalue weighted by atomic mass is 9.97. The quantitative estimate of drug-likeness (QED) is 0.468. The highest BCUT2D eigenvalue weighted by Crippen LogP contribution is 2.36. The lowest BCUT2D eigenvalue weighted by Crippen LogP contribution is -2.29. The van der Waals surface area contributed by atoms with Crippen LogP contribution >= 0.6 is 0 Å². The van der Waals surface area contributed by atoms with Gasteiger partial charge in [0.2, 0.25) is 17.1 Å². The fourth-order valence-corrected chi connectivity index (χ4v) is 4.31. The number of hydrogen-bond donors (Lipinski definition) is 2. The Bertz CT molecular complexity index is 1250. The van der Waals surface area contributed by atoms with Crippen molar-refractivity contribution in [2.45, 2.75) is 38.1 Å². The molecule has 3 aromatic rings. The maximum Gasteiger partial charge on any atom is 0.337 e. The first-order chi connectivity index (χ1) is 16.9. The number of esters is 1. The molecular weight excluding hydrogens is 452 g/mol. The number of furan rings is 1. The Morgan fingerprint density at radius 2 is 1.80 bits per heavy atom. The number of carbonyl (C=O) groups excluding carboxylic acids is 2. The van der Waals surface area contributed by atoms with Crippen LogP contribution in [0.1, 0.15) is 59.2 Å². The smallest absolute Gasteiger partial charge is 0.337 e. The Morgan fingerprint density at radius 3 is 2.46 bits per heavy atom. The van der Waals surface area contributed by atoms with Crippen molar-refractivity contribution >= 4 is 11.9 Å². The van der Waals surface area contributed by atoms with Gasteiger partial charge in [0, 0.05) is 18.1 Å². The van der Waals surface area contributed by atoms with E-state index in [1.165, 1.54) is 19.6 Å². The second-order valence-corrected chi connectivity index (χ2v) is 8.62. The van der Waals surface area contributed by atoms with Crippen molar-refractivity contribution in [1.82, 2.24) is 4.90 Å². The van der Waals surface area contributed by atoms with Crippen LogP contribution in [0.3, 0.4) is 0 Å². The molecule has 184 valence electrons. The van der Waals surface area contributed by atoms with Crippen molar-refractivity contribution in [2.24, 2.45) is 5.73 Å². The number of aromatic hydroxyl groups is 1. The summed E-state index contributed by atoms with van der Waals surface area (Å²) < 4.78 is 16.7. The molecule has 0 aliphatic carbocycles. The largest absolute Gasteiger partial charge is 0.502 e. The van der Waals surface area contributed by atoms with Crippen molar-refractivity contribution < 1.29 is 28.3 Å². The lowest BCUT2D eigenvalue weighted by molar-refractivity contribution is -0.118. The van der Waals surface area contributed by atoms with Crippen LogP contribution in [0.5, 0.6) is 5.75 Å². The van der Waals surface area contributed by atoms with Crippen molar-refractivity contribution in [3.05, 3.63) is 75.5 Å². The summed E-state index contributed by atoms with van der Waals surface area (Å²) in [6, 6.07) is 11.3. The lowest BCUT2D eigenvalue weighted by Gasteiger charge is -2.26. The first-order valence-electron chi connectivity index (χ1n) is 11.5. The second kappa shape index (κ2) is 10.6. The molecule has 1 aliphatic rings. The van der Waals surface area contributed by atoms with Gasteiger partial charge in [-0.2, -0.15) is 0 Å². The molecule has 9 nitrogen and oxygen atoms in total. The molecule has 9 heteroatoms. The molecule has 0 unspecified atom stereocenters. The summed E-state index contributed by atoms with van der Waals surface area (Å²) >= 11 is 0. The number of ether oxygens (including phenoxy) is 1. The standard InChI is InChI=1S/C26H28N2O7/c1-33-26(32)17-7-5-16(6-8-17)21-9-10-22(35-21)19(14-23(27)30)25-24(31)20(29)13-18(34-25)15-28-11-3-2-4-12-28/h5-10,13,19,31H,2-4,11-12,14-15H2,1H3,(H2,27,30)/t19-/m1/s1. The van der Waals surface area contributed by atoms with Gasteiger partial charge in [-0.3, -0.25) is 14.5 Å². The van der Waals surface area contributed by atoms with Crippen LogP contribution in [0.2, 0.25) is 0 Å². The maximum absolute atomic E-state index is 12.5. The van der Waals surface area contributed by atoms with Crippen LogP contribution < -0.4 is 11.2 Å². The van der Waals surface area contributed by atoms with E-state index in [9.17, 15) is 19.5 Å². The molecule has 1 amide bonds. The van der Waals surface area contributed by atoms with Crippen LogP contribution in [0.4, 0.5) is 0 Å². The van der Waals surface area contributed by atoms with Gasteiger partial charge in [-0.15, -0.1) is 0 Å². The molecule has 0 saturated carbocycles. The van der Waals surface area contributed by atoms with Crippen LogP contribution in [-0.4, -0.2) is 42.1 Å². The van der Waals surface area contributed by atoms with E-state index in [1.807, 2.05) is 0 Å². The number of rotatable bonds is 8. The number of carbonyl (C=O) groups is 2. The third-order valence-corrected chi connectivity index (χ3v) is 6.11. The van der Waals surface area contributed by atoms with Crippen LogP contribution in [-0.2, 0) is 16.1 Å². The average molecular weight is 481 g/mol. The number of nitrogens with two attached hydrogens (primary N) is 1. The van der Waals surface area contributed by atoms with Crippen molar-refractivity contribution in [1.29, 1.82) is 0 Å². The third-order valence-electron chi connectivity index (χ3n) is 6.11. The number of piperidine rings is 1. The zero-order chi connectivity index (χ0) is 24.9. The maximum atomic E-state index is 12.5. The fourth-order valence-electron chi connectivity index (χ4n) is 4.31. The summed E-state index contributed by atoms with van der Waals surface area (Å²) in [6.45, 7) is 2.24. The minimum Gasteiger partial charge on any atom is -0.502 e. The highest BCUT2D eigenvalue weighted by Gasteiger charge is 2.28. The summed E-state index contributed by atoms with van der Waals surface area (Å²) in [6.07, 6.45) is 3.11. The van der Waals surface area contributed by atoms with Gasteiger partial charge < -0.3 is 24.4 Å². The molecule has 1 aromatic carbocycles. The van der Waals surface area contributed by atoms with E-state index in [-0.39, 0.29) is 12.2 Å². The summed E-state index contributed by atoms with van der Waals surface area (Å²) in [5, 5.41) is 10.5. The summed E-state index contributed by atoms with van der Waals surface area (Å²) in [7, 11) is 1.31. The van der Waals surface area contributed by atoms with E-state index in [4.69, 9.17) is 19.3 Å².